The van der Waals surface area contributed by atoms with Gasteiger partial charge in [0, 0.05) is 13.1 Å². The summed E-state index contributed by atoms with van der Waals surface area (Å²) in [6, 6.07) is 5.23. The minimum atomic E-state index is -0.947. The number of likely N-dealkylation sites (N-methyl/N-ethyl adjacent to an activating group) is 1. The summed E-state index contributed by atoms with van der Waals surface area (Å²) in [6.45, 7) is 6.47. The van der Waals surface area contributed by atoms with Crippen LogP contribution in [0.1, 0.15) is 17.3 Å². The van der Waals surface area contributed by atoms with Crippen LogP contribution in [0.4, 0.5) is 0 Å². The number of hydrogen-bond donors (Lipinski definition) is 1. The largest absolute Gasteiger partial charge is 0.478 e. The zero-order valence-corrected chi connectivity index (χ0v) is 12.0. The normalized spacial score (nSPS) is 20.0. The Hall–Kier alpha value is -1.92. The monoisotopic (exact) mass is 289 g/mol. The van der Waals surface area contributed by atoms with Crippen molar-refractivity contribution in [3.05, 3.63) is 30.1 Å². The van der Waals surface area contributed by atoms with Gasteiger partial charge >= 0.3 is 5.97 Å². The molecule has 3 rings (SSSR count). The van der Waals surface area contributed by atoms with Gasteiger partial charge in [-0.3, -0.25) is 4.90 Å². The molecule has 0 spiro atoms. The molecule has 1 aliphatic heterocycles. The molecule has 6 heteroatoms. The first kappa shape index (κ1) is 14.0. The lowest BCUT2D eigenvalue weighted by Crippen LogP contribution is -2.43. The molecule has 1 aromatic heterocycles. The van der Waals surface area contributed by atoms with Gasteiger partial charge in [-0.1, -0.05) is 13.0 Å². The fourth-order valence-corrected chi connectivity index (χ4v) is 2.80. The van der Waals surface area contributed by atoms with Gasteiger partial charge in [0.25, 0.3) is 0 Å². The number of aromatic carboxylic acids is 1. The molecule has 1 fully saturated rings. The first-order valence-electron chi connectivity index (χ1n) is 7.20. The number of ether oxygens (including phenoxy) is 1. The summed E-state index contributed by atoms with van der Waals surface area (Å²) in [4.78, 5) is 17.8. The highest BCUT2D eigenvalue weighted by Crippen LogP contribution is 2.19. The van der Waals surface area contributed by atoms with Crippen LogP contribution in [0.2, 0.25) is 0 Å². The molecule has 1 N–H and O–H groups in total. The van der Waals surface area contributed by atoms with E-state index in [1.807, 2.05) is 10.6 Å². The third-order valence-electron chi connectivity index (χ3n) is 3.95. The third-order valence-corrected chi connectivity index (χ3v) is 3.95. The van der Waals surface area contributed by atoms with E-state index in [1.54, 1.807) is 18.5 Å². The summed E-state index contributed by atoms with van der Waals surface area (Å²) in [7, 11) is 0. The average molecular weight is 289 g/mol. The van der Waals surface area contributed by atoms with Crippen molar-refractivity contribution in [3.8, 4) is 0 Å². The van der Waals surface area contributed by atoms with Crippen molar-refractivity contribution in [1.29, 1.82) is 0 Å². The van der Waals surface area contributed by atoms with Crippen molar-refractivity contribution < 1.29 is 14.6 Å². The number of fused-ring (bicyclic) bond motifs is 1. The van der Waals surface area contributed by atoms with Gasteiger partial charge in [-0.25, -0.2) is 9.78 Å². The van der Waals surface area contributed by atoms with Crippen molar-refractivity contribution in [2.75, 3.05) is 26.2 Å². The second-order valence-corrected chi connectivity index (χ2v) is 5.26. The number of aromatic nitrogens is 2. The van der Waals surface area contributed by atoms with Crippen LogP contribution in [0.3, 0.4) is 0 Å². The van der Waals surface area contributed by atoms with Gasteiger partial charge in [0.1, 0.15) is 5.52 Å². The highest BCUT2D eigenvalue weighted by Gasteiger charge is 2.21. The number of carbonyl (C=O) groups is 1. The Labute approximate surface area is 122 Å². The van der Waals surface area contributed by atoms with Crippen molar-refractivity contribution in [2.45, 2.75) is 19.6 Å². The molecule has 21 heavy (non-hydrogen) atoms. The summed E-state index contributed by atoms with van der Waals surface area (Å²) in [5, 5.41) is 9.20. The van der Waals surface area contributed by atoms with E-state index in [0.29, 0.717) is 12.1 Å². The van der Waals surface area contributed by atoms with Crippen molar-refractivity contribution in [2.24, 2.45) is 0 Å². The maximum atomic E-state index is 11.2. The molecule has 0 saturated carbocycles. The molecule has 6 nitrogen and oxygen atoms in total. The lowest BCUT2D eigenvalue weighted by atomic mass is 10.2. The van der Waals surface area contributed by atoms with Crippen molar-refractivity contribution >= 4 is 17.0 Å². The Bertz CT molecular complexity index is 653. The molecule has 1 saturated heterocycles. The highest BCUT2D eigenvalue weighted by molar-refractivity contribution is 6.00. The molecule has 0 amide bonds. The SMILES string of the molecule is CCN1CCOC(Cn2cnc3c(C(=O)O)cccc32)C1. The van der Waals surface area contributed by atoms with Crippen LogP contribution in [0, 0.1) is 0 Å². The van der Waals surface area contributed by atoms with Crippen LogP contribution in [0.15, 0.2) is 24.5 Å². The van der Waals surface area contributed by atoms with Gasteiger partial charge in [0.05, 0.1) is 36.7 Å². The standard InChI is InChI=1S/C15H19N3O3/c1-2-17-6-7-21-11(8-17)9-18-10-16-14-12(15(19)20)4-3-5-13(14)18/h3-5,10-11H,2,6-9H2,1H3,(H,19,20). The molecule has 0 radical (unpaired) electrons. The zero-order chi connectivity index (χ0) is 14.8. The highest BCUT2D eigenvalue weighted by atomic mass is 16.5. The lowest BCUT2D eigenvalue weighted by molar-refractivity contribution is -0.0338. The number of benzene rings is 1. The molecule has 1 aromatic carbocycles. The number of imidazole rings is 1. The molecule has 0 aliphatic carbocycles. The predicted octanol–water partition coefficient (Wildman–Crippen LogP) is 1.46. The maximum absolute atomic E-state index is 11.2. The van der Waals surface area contributed by atoms with E-state index in [-0.39, 0.29) is 11.7 Å². The Balaban J connectivity index is 1.85. The van der Waals surface area contributed by atoms with Crippen molar-refractivity contribution in [3.63, 3.8) is 0 Å². The summed E-state index contributed by atoms with van der Waals surface area (Å²) in [6.07, 6.45) is 1.82. The minimum Gasteiger partial charge on any atom is -0.478 e. The molecule has 1 atom stereocenters. The minimum absolute atomic E-state index is 0.115. The first-order chi connectivity index (χ1) is 10.2. The van der Waals surface area contributed by atoms with Gasteiger partial charge in [-0.05, 0) is 18.7 Å². The van der Waals surface area contributed by atoms with Crippen LogP contribution in [0.5, 0.6) is 0 Å². The van der Waals surface area contributed by atoms with Gasteiger partial charge in [-0.15, -0.1) is 0 Å². The predicted molar refractivity (Wildman–Crippen MR) is 78.5 cm³/mol. The molecule has 1 unspecified atom stereocenters. The number of carboxylic acid groups (broad SMARTS) is 1. The summed E-state index contributed by atoms with van der Waals surface area (Å²) in [5.41, 5.74) is 1.62. The lowest BCUT2D eigenvalue weighted by Gasteiger charge is -2.32. The van der Waals surface area contributed by atoms with Crippen LogP contribution >= 0.6 is 0 Å². The maximum Gasteiger partial charge on any atom is 0.337 e. The second kappa shape index (κ2) is 5.83. The van der Waals surface area contributed by atoms with E-state index in [0.717, 1.165) is 31.8 Å². The van der Waals surface area contributed by atoms with Crippen LogP contribution in [0.25, 0.3) is 11.0 Å². The van der Waals surface area contributed by atoms with E-state index in [1.165, 1.54) is 0 Å². The molecule has 112 valence electrons. The third kappa shape index (κ3) is 2.77. The van der Waals surface area contributed by atoms with Gasteiger partial charge in [0.15, 0.2) is 0 Å². The summed E-state index contributed by atoms with van der Waals surface area (Å²) in [5.74, 6) is -0.947. The summed E-state index contributed by atoms with van der Waals surface area (Å²) < 4.78 is 7.78. The quantitative estimate of drug-likeness (QED) is 0.923. The smallest absolute Gasteiger partial charge is 0.337 e. The van der Waals surface area contributed by atoms with Crippen LogP contribution in [-0.4, -0.2) is 57.9 Å². The molecule has 1 aliphatic rings. The topological polar surface area (TPSA) is 67.6 Å². The molecule has 2 aromatic rings. The summed E-state index contributed by atoms with van der Waals surface area (Å²) >= 11 is 0. The fourth-order valence-electron chi connectivity index (χ4n) is 2.80. The Morgan fingerprint density at radius 1 is 1.52 bits per heavy atom. The Kier molecular flexibility index (Phi) is 3.90. The number of para-hydroxylation sites is 1. The van der Waals surface area contributed by atoms with Crippen LogP contribution < -0.4 is 0 Å². The van der Waals surface area contributed by atoms with E-state index in [2.05, 4.69) is 16.8 Å². The van der Waals surface area contributed by atoms with E-state index >= 15 is 0 Å². The number of morpholine rings is 1. The molecule has 2 heterocycles. The fraction of sp³-hybridized carbons (Fsp3) is 0.467. The Morgan fingerprint density at radius 2 is 2.38 bits per heavy atom. The molecular formula is C15H19N3O3. The number of hydrogen-bond acceptors (Lipinski definition) is 4. The number of rotatable bonds is 4. The van der Waals surface area contributed by atoms with Crippen molar-refractivity contribution in [1.82, 2.24) is 14.5 Å². The molecular weight excluding hydrogens is 270 g/mol. The van der Waals surface area contributed by atoms with E-state index in [4.69, 9.17) is 4.74 Å². The Morgan fingerprint density at radius 3 is 3.14 bits per heavy atom. The van der Waals surface area contributed by atoms with E-state index in [9.17, 15) is 9.90 Å². The van der Waals surface area contributed by atoms with E-state index < -0.39 is 5.97 Å². The average Bonchev–Trinajstić information content (AvgIpc) is 2.90. The first-order valence-corrected chi connectivity index (χ1v) is 7.20. The zero-order valence-electron chi connectivity index (χ0n) is 12.0. The van der Waals surface area contributed by atoms with Gasteiger partial charge in [0.2, 0.25) is 0 Å². The molecule has 0 bridgehead atoms. The number of nitrogens with zero attached hydrogens (tertiary/aromatic N) is 3. The van der Waals surface area contributed by atoms with Gasteiger partial charge in [-0.2, -0.15) is 0 Å². The van der Waals surface area contributed by atoms with Crippen LogP contribution in [-0.2, 0) is 11.3 Å². The second-order valence-electron chi connectivity index (χ2n) is 5.26. The van der Waals surface area contributed by atoms with Gasteiger partial charge < -0.3 is 14.4 Å². The number of carboxylic acids is 1.